The predicted molar refractivity (Wildman–Crippen MR) is 115 cm³/mol. The highest BCUT2D eigenvalue weighted by atomic mass is 19.3. The van der Waals surface area contributed by atoms with Crippen LogP contribution in [0.5, 0.6) is 0 Å². The Hall–Kier alpha value is -3.46. The van der Waals surface area contributed by atoms with E-state index >= 15 is 0 Å². The number of nitrogens with zero attached hydrogens (tertiary/aromatic N) is 4. The van der Waals surface area contributed by atoms with Crippen LogP contribution in [0.1, 0.15) is 37.1 Å². The van der Waals surface area contributed by atoms with Crippen molar-refractivity contribution < 1.29 is 18.7 Å². The van der Waals surface area contributed by atoms with Gasteiger partial charge >= 0.3 is 0 Å². The Kier molecular flexibility index (Phi) is 4.67. The fraction of sp³-hybridized carbons (Fsp3) is 0.304. The summed E-state index contributed by atoms with van der Waals surface area (Å²) in [4.78, 5) is 20.7. The highest BCUT2D eigenvalue weighted by Gasteiger charge is 2.61. The van der Waals surface area contributed by atoms with E-state index < -0.39 is 30.3 Å². The van der Waals surface area contributed by atoms with Crippen LogP contribution in [0.15, 0.2) is 42.9 Å². The summed E-state index contributed by atoms with van der Waals surface area (Å²) in [7, 11) is 0. The van der Waals surface area contributed by atoms with Crippen LogP contribution in [-0.2, 0) is 4.79 Å². The molecule has 9 heteroatoms. The minimum atomic E-state index is -2.93. The summed E-state index contributed by atoms with van der Waals surface area (Å²) >= 11 is 0. The summed E-state index contributed by atoms with van der Waals surface area (Å²) in [5.41, 5.74) is 4.01. The fourth-order valence-electron chi connectivity index (χ4n) is 3.92. The number of rotatable bonds is 5. The molecular weight excluding hydrogens is 416 g/mol. The van der Waals surface area contributed by atoms with Crippen LogP contribution in [0.25, 0.3) is 27.5 Å². The number of carbonyl (C=O) groups is 1. The average molecular weight is 437 g/mol. The van der Waals surface area contributed by atoms with Gasteiger partial charge in [0.1, 0.15) is 11.7 Å². The minimum Gasteiger partial charge on any atom is -0.387 e. The Morgan fingerprint density at radius 2 is 2.09 bits per heavy atom. The number of amides is 1. The zero-order chi connectivity index (χ0) is 22.6. The minimum absolute atomic E-state index is 0.219. The maximum atomic E-state index is 13.2. The van der Waals surface area contributed by atoms with Crippen molar-refractivity contribution in [3.8, 4) is 11.3 Å². The number of aromatic nitrogens is 4. The number of hydrogen-bond acceptors (Lipinski definition) is 5. The molecule has 0 saturated heterocycles. The van der Waals surface area contributed by atoms with Crippen molar-refractivity contribution in [1.82, 2.24) is 19.6 Å². The normalized spacial score (nSPS) is 18.1. The lowest BCUT2D eigenvalue weighted by molar-refractivity contribution is -0.119. The van der Waals surface area contributed by atoms with Gasteiger partial charge in [0.15, 0.2) is 0 Å². The summed E-state index contributed by atoms with van der Waals surface area (Å²) in [5.74, 6) is -4.72. The molecule has 0 aromatic carbocycles. The lowest BCUT2D eigenvalue weighted by Crippen LogP contribution is -2.18. The quantitative estimate of drug-likeness (QED) is 0.486. The van der Waals surface area contributed by atoms with E-state index in [9.17, 15) is 18.7 Å². The average Bonchev–Trinajstić information content (AvgIpc) is 3.18. The molecule has 4 heterocycles. The van der Waals surface area contributed by atoms with Crippen LogP contribution in [0.2, 0.25) is 0 Å². The molecule has 1 unspecified atom stereocenters. The first-order valence-corrected chi connectivity index (χ1v) is 10.4. The van der Waals surface area contributed by atoms with Gasteiger partial charge in [-0.3, -0.25) is 9.78 Å². The smallest absolute Gasteiger partial charge is 0.260 e. The molecule has 1 aliphatic carbocycles. The van der Waals surface area contributed by atoms with Crippen LogP contribution >= 0.6 is 0 Å². The molecule has 0 aliphatic heterocycles. The van der Waals surface area contributed by atoms with E-state index in [0.717, 1.165) is 33.1 Å². The number of carbonyl (C=O) groups excluding carboxylic acids is 1. The number of aliphatic hydroxyl groups is 1. The van der Waals surface area contributed by atoms with Crippen LogP contribution in [0.4, 0.5) is 14.6 Å². The zero-order valence-electron chi connectivity index (χ0n) is 17.5. The molecule has 2 atom stereocenters. The van der Waals surface area contributed by atoms with Gasteiger partial charge in [-0.1, -0.05) is 6.92 Å². The van der Waals surface area contributed by atoms with E-state index in [0.29, 0.717) is 12.1 Å². The summed E-state index contributed by atoms with van der Waals surface area (Å²) in [6.45, 7) is 3.85. The zero-order valence-corrected chi connectivity index (χ0v) is 17.5. The van der Waals surface area contributed by atoms with Crippen LogP contribution in [0.3, 0.4) is 0 Å². The van der Waals surface area contributed by atoms with E-state index in [1.807, 2.05) is 32.0 Å². The van der Waals surface area contributed by atoms with E-state index in [2.05, 4.69) is 20.4 Å². The number of alkyl halides is 2. The first kappa shape index (κ1) is 20.4. The molecule has 1 fully saturated rings. The van der Waals surface area contributed by atoms with Gasteiger partial charge in [-0.2, -0.15) is 5.10 Å². The monoisotopic (exact) mass is 437 g/mol. The number of aryl methyl sites for hydroxylation is 1. The molecule has 164 valence electrons. The van der Waals surface area contributed by atoms with Crippen molar-refractivity contribution in [2.24, 2.45) is 5.92 Å². The Morgan fingerprint density at radius 3 is 2.78 bits per heavy atom. The molecule has 0 radical (unpaired) electrons. The van der Waals surface area contributed by atoms with Gasteiger partial charge in [0, 0.05) is 35.2 Å². The third-order valence-corrected chi connectivity index (χ3v) is 5.90. The topological polar surface area (TPSA) is 92.4 Å². The summed E-state index contributed by atoms with van der Waals surface area (Å²) in [5, 5.41) is 18.6. The SMILES string of the molecule is CC[C@H](O)c1cc(C)c(-c2cc3cnc(NC(=O)C4CC4(F)F)cc3c3ccnn23)cn1. The highest BCUT2D eigenvalue weighted by molar-refractivity contribution is 6.01. The molecule has 2 N–H and O–H groups in total. The molecule has 4 aromatic rings. The molecule has 1 aliphatic rings. The molecule has 0 spiro atoms. The first-order chi connectivity index (χ1) is 15.3. The Labute approximate surface area is 182 Å². The third-order valence-electron chi connectivity index (χ3n) is 5.90. The maximum absolute atomic E-state index is 13.2. The Bertz CT molecular complexity index is 1370. The molecule has 0 bridgehead atoms. The highest BCUT2D eigenvalue weighted by Crippen LogP contribution is 2.49. The standard InChI is InChI=1S/C23H21F2N5O2/c1-3-20(31)17-6-12(2)15(11-26-17)19-7-13-10-27-21(29-22(32)16-9-23(16,24)25)8-14(13)18-4-5-28-30(18)19/h4-8,10-11,16,20,31H,3,9H2,1-2H3,(H,27,29,32)/t16?,20-/m0/s1. The number of aliphatic hydroxyl groups excluding tert-OH is 1. The molecule has 4 aromatic heterocycles. The van der Waals surface area contributed by atoms with Gasteiger partial charge in [-0.25, -0.2) is 18.3 Å². The third kappa shape index (κ3) is 3.38. The van der Waals surface area contributed by atoms with Gasteiger partial charge in [0.2, 0.25) is 5.91 Å². The Morgan fingerprint density at radius 1 is 1.31 bits per heavy atom. The number of fused-ring (bicyclic) bond motifs is 3. The molecule has 1 amide bonds. The van der Waals surface area contributed by atoms with Crippen molar-refractivity contribution in [1.29, 1.82) is 0 Å². The molecule has 32 heavy (non-hydrogen) atoms. The molecular formula is C23H21F2N5O2. The second-order valence-corrected chi connectivity index (χ2v) is 8.17. The predicted octanol–water partition coefficient (Wildman–Crippen LogP) is 4.29. The second kappa shape index (κ2) is 7.30. The molecule has 1 saturated carbocycles. The summed E-state index contributed by atoms with van der Waals surface area (Å²) in [6.07, 6.45) is 4.53. The number of anilines is 1. The van der Waals surface area contributed by atoms with Gasteiger partial charge in [-0.15, -0.1) is 0 Å². The summed E-state index contributed by atoms with van der Waals surface area (Å²) < 4.78 is 28.1. The van der Waals surface area contributed by atoms with Crippen molar-refractivity contribution in [2.45, 2.75) is 38.7 Å². The summed E-state index contributed by atoms with van der Waals surface area (Å²) in [6, 6.07) is 7.29. The van der Waals surface area contributed by atoms with Crippen LogP contribution < -0.4 is 5.32 Å². The van der Waals surface area contributed by atoms with E-state index in [1.54, 1.807) is 29.2 Å². The largest absolute Gasteiger partial charge is 0.387 e. The number of hydrogen-bond donors (Lipinski definition) is 2. The number of halogens is 2. The van der Waals surface area contributed by atoms with Gasteiger partial charge in [0.05, 0.1) is 29.2 Å². The number of pyridine rings is 3. The van der Waals surface area contributed by atoms with E-state index in [1.165, 1.54) is 0 Å². The van der Waals surface area contributed by atoms with Gasteiger partial charge < -0.3 is 10.4 Å². The fourth-order valence-corrected chi connectivity index (χ4v) is 3.92. The van der Waals surface area contributed by atoms with E-state index in [4.69, 9.17) is 0 Å². The van der Waals surface area contributed by atoms with Crippen molar-refractivity contribution in [3.63, 3.8) is 0 Å². The Balaban J connectivity index is 1.56. The van der Waals surface area contributed by atoms with Crippen LogP contribution in [-0.4, -0.2) is 36.5 Å². The van der Waals surface area contributed by atoms with Gasteiger partial charge in [-0.05, 0) is 43.2 Å². The maximum Gasteiger partial charge on any atom is 0.260 e. The van der Waals surface area contributed by atoms with Gasteiger partial charge in [0.25, 0.3) is 5.92 Å². The second-order valence-electron chi connectivity index (χ2n) is 8.17. The molecule has 5 rings (SSSR count). The van der Waals surface area contributed by atoms with Crippen molar-refractivity contribution in [3.05, 3.63) is 54.1 Å². The van der Waals surface area contributed by atoms with E-state index in [-0.39, 0.29) is 5.82 Å². The number of nitrogens with one attached hydrogen (secondary N) is 1. The van der Waals surface area contributed by atoms with Crippen LogP contribution in [0, 0.1) is 12.8 Å². The lowest BCUT2D eigenvalue weighted by Gasteiger charge is -2.14. The first-order valence-electron chi connectivity index (χ1n) is 10.4. The van der Waals surface area contributed by atoms with Crippen molar-refractivity contribution in [2.75, 3.05) is 5.32 Å². The van der Waals surface area contributed by atoms with Crippen molar-refractivity contribution >= 4 is 28.0 Å². The lowest BCUT2D eigenvalue weighted by atomic mass is 10.0. The molecule has 7 nitrogen and oxygen atoms in total.